The quantitative estimate of drug-likeness (QED) is 0.461. The third kappa shape index (κ3) is 6.04. The number of hydrogen-bond acceptors (Lipinski definition) is 6. The summed E-state index contributed by atoms with van der Waals surface area (Å²) in [5.74, 6) is -1.28. The summed E-state index contributed by atoms with van der Waals surface area (Å²) in [6.45, 7) is 4.49. The predicted molar refractivity (Wildman–Crippen MR) is 72.6 cm³/mol. The molecule has 2 N–H and O–H groups in total. The van der Waals surface area contributed by atoms with Crippen LogP contribution in [0.2, 0.25) is 0 Å². The van der Waals surface area contributed by atoms with E-state index >= 15 is 0 Å². The van der Waals surface area contributed by atoms with E-state index in [-0.39, 0.29) is 19.8 Å². The molecule has 10 heteroatoms. The van der Waals surface area contributed by atoms with Crippen LogP contribution in [-0.2, 0) is 27.7 Å². The Balaban J connectivity index is 5.32. The zero-order chi connectivity index (χ0) is 15.8. The normalized spacial score (nSPS) is 18.9. The summed E-state index contributed by atoms with van der Waals surface area (Å²) in [6, 6.07) is 0. The van der Waals surface area contributed by atoms with Crippen molar-refractivity contribution in [3.8, 4) is 0 Å². The fourth-order valence-corrected chi connectivity index (χ4v) is 4.98. The molecule has 0 saturated heterocycles. The maximum Gasteiger partial charge on any atom is 0.354 e. The average Bonchev–Trinajstić information content (AvgIpc) is 2.33. The van der Waals surface area contributed by atoms with Crippen LogP contribution in [0.1, 0.15) is 33.6 Å². The van der Waals surface area contributed by atoms with Gasteiger partial charge in [0, 0.05) is 0 Å². The van der Waals surface area contributed by atoms with Crippen LogP contribution in [0.15, 0.2) is 0 Å². The number of hydrogen-bond donors (Lipinski definition) is 2. The van der Waals surface area contributed by atoms with E-state index in [2.05, 4.69) is 13.8 Å². The van der Waals surface area contributed by atoms with Gasteiger partial charge in [0.1, 0.15) is 0 Å². The van der Waals surface area contributed by atoms with Gasteiger partial charge in [0.05, 0.1) is 19.8 Å². The van der Waals surface area contributed by atoms with E-state index in [0.29, 0.717) is 12.8 Å². The first-order valence-electron chi connectivity index (χ1n) is 6.33. The lowest BCUT2D eigenvalue weighted by Crippen LogP contribution is -2.26. The smallest absolute Gasteiger partial charge is 0.354 e. The van der Waals surface area contributed by atoms with Crippen molar-refractivity contribution in [1.82, 2.24) is 0 Å². The van der Waals surface area contributed by atoms with Gasteiger partial charge in [-0.05, 0) is 19.8 Å². The molecule has 120 valence electrons. The Morgan fingerprint density at radius 3 is 1.70 bits per heavy atom. The zero-order valence-corrected chi connectivity index (χ0v) is 13.6. The number of esters is 1. The molecule has 0 fully saturated rings. The summed E-state index contributed by atoms with van der Waals surface area (Å²) in [6.07, 6.45) is 0.817. The van der Waals surface area contributed by atoms with Gasteiger partial charge in [0.2, 0.25) is 0 Å². The minimum atomic E-state index is -4.68. The Morgan fingerprint density at radius 1 is 1.00 bits per heavy atom. The van der Waals surface area contributed by atoms with Crippen molar-refractivity contribution in [3.05, 3.63) is 0 Å². The first-order chi connectivity index (χ1) is 9.22. The number of carbonyl (C=O) groups is 1. The second-order valence-corrected chi connectivity index (χ2v) is 8.13. The number of carbonyl (C=O) groups excluding carboxylic acids is 1. The van der Waals surface area contributed by atoms with E-state index < -0.39 is 26.6 Å². The topological polar surface area (TPSA) is 119 Å². The molecule has 0 aromatic heterocycles. The molecule has 0 aromatic carbocycles. The molecule has 20 heavy (non-hydrogen) atoms. The van der Waals surface area contributed by atoms with Crippen molar-refractivity contribution in [1.29, 1.82) is 0 Å². The van der Waals surface area contributed by atoms with Gasteiger partial charge in [-0.3, -0.25) is 13.9 Å². The Kier molecular flexibility index (Phi) is 8.82. The Labute approximate surface area is 118 Å². The van der Waals surface area contributed by atoms with Crippen molar-refractivity contribution in [3.63, 3.8) is 0 Å². The van der Waals surface area contributed by atoms with Crippen LogP contribution in [0, 0.1) is 0 Å². The predicted octanol–water partition coefficient (Wildman–Crippen LogP) is 2.10. The Hall–Kier alpha value is -0.230. The molecule has 0 aliphatic carbocycles. The van der Waals surface area contributed by atoms with Gasteiger partial charge in [0.15, 0.2) is 0 Å². The molecule has 2 unspecified atom stereocenters. The van der Waals surface area contributed by atoms with E-state index in [1.807, 2.05) is 0 Å². The van der Waals surface area contributed by atoms with Crippen LogP contribution < -0.4 is 0 Å². The molecule has 0 spiro atoms. The van der Waals surface area contributed by atoms with E-state index in [1.165, 1.54) is 6.92 Å². The maximum absolute atomic E-state index is 12.0. The van der Waals surface area contributed by atoms with E-state index in [0.717, 1.165) is 0 Å². The van der Waals surface area contributed by atoms with E-state index in [4.69, 9.17) is 0 Å². The molecule has 0 bridgehead atoms. The van der Waals surface area contributed by atoms with Gasteiger partial charge in [-0.25, -0.2) is 0 Å². The maximum atomic E-state index is 12.0. The van der Waals surface area contributed by atoms with Crippen molar-refractivity contribution in [2.24, 2.45) is 0 Å². The lowest BCUT2D eigenvalue weighted by Gasteiger charge is -2.24. The Morgan fingerprint density at radius 2 is 1.40 bits per heavy atom. The summed E-state index contributed by atoms with van der Waals surface area (Å²) in [4.78, 5) is 31.2. The number of rotatable bonds is 10. The monoisotopic (exact) mass is 332 g/mol. The van der Waals surface area contributed by atoms with Crippen molar-refractivity contribution in [2.75, 3.05) is 19.8 Å². The average molecular weight is 332 g/mol. The molecular formula is C10H22O8P2. The highest BCUT2D eigenvalue weighted by atomic mass is 31.2. The first-order valence-corrected chi connectivity index (χ1v) is 9.62. The molecular weight excluding hydrogens is 310 g/mol. The Bertz CT molecular complexity index is 369. The lowest BCUT2D eigenvalue weighted by molar-refractivity contribution is -0.141. The third-order valence-electron chi connectivity index (χ3n) is 2.08. The standard InChI is InChI=1S/C10H22O8P2/c1-4-7-17-19(12,13)10(9(11)16-6-3)20(14,15)18-8-5-2/h10H,4-8H2,1-3H3,(H,12,13)(H,14,15). The van der Waals surface area contributed by atoms with Crippen LogP contribution in [-0.4, -0.2) is 41.0 Å². The van der Waals surface area contributed by atoms with Crippen molar-refractivity contribution in [2.45, 2.75) is 39.0 Å². The van der Waals surface area contributed by atoms with Gasteiger partial charge in [0.25, 0.3) is 5.40 Å². The second-order valence-electron chi connectivity index (χ2n) is 3.92. The fraction of sp³-hybridized carbons (Fsp3) is 0.900. The summed E-state index contributed by atoms with van der Waals surface area (Å²) in [5.41, 5.74) is 0. The largest absolute Gasteiger partial charge is 0.465 e. The molecule has 0 saturated carbocycles. The number of ether oxygens (including phenoxy) is 1. The van der Waals surface area contributed by atoms with Crippen LogP contribution >= 0.6 is 15.2 Å². The van der Waals surface area contributed by atoms with Crippen LogP contribution in [0.4, 0.5) is 0 Å². The minimum absolute atomic E-state index is 0.100. The molecule has 0 radical (unpaired) electrons. The summed E-state index contributed by atoms with van der Waals surface area (Å²) in [5, 5.41) is -2.24. The summed E-state index contributed by atoms with van der Waals surface area (Å²) >= 11 is 0. The van der Waals surface area contributed by atoms with Gasteiger partial charge < -0.3 is 23.6 Å². The molecule has 0 heterocycles. The van der Waals surface area contributed by atoms with Gasteiger partial charge in [-0.1, -0.05) is 13.8 Å². The van der Waals surface area contributed by atoms with Crippen LogP contribution in [0.25, 0.3) is 0 Å². The first kappa shape index (κ1) is 19.8. The van der Waals surface area contributed by atoms with E-state index in [9.17, 15) is 23.7 Å². The van der Waals surface area contributed by atoms with Crippen molar-refractivity contribution < 1.29 is 37.5 Å². The highest BCUT2D eigenvalue weighted by Gasteiger charge is 2.53. The molecule has 0 aliphatic heterocycles. The fourth-order valence-electron chi connectivity index (χ4n) is 1.25. The van der Waals surface area contributed by atoms with Gasteiger partial charge in [-0.2, -0.15) is 0 Å². The second kappa shape index (κ2) is 8.93. The van der Waals surface area contributed by atoms with E-state index in [1.54, 1.807) is 13.8 Å². The molecule has 0 rings (SSSR count). The van der Waals surface area contributed by atoms with Gasteiger partial charge in [-0.15, -0.1) is 0 Å². The third-order valence-corrected chi connectivity index (χ3v) is 6.59. The lowest BCUT2D eigenvalue weighted by atomic mass is 10.5. The summed E-state index contributed by atoms with van der Waals surface area (Å²) < 4.78 is 38.0. The van der Waals surface area contributed by atoms with Gasteiger partial charge >= 0.3 is 21.2 Å². The molecule has 8 nitrogen and oxygen atoms in total. The summed E-state index contributed by atoms with van der Waals surface area (Å²) in [7, 11) is -9.36. The zero-order valence-electron chi connectivity index (χ0n) is 11.9. The molecule has 0 amide bonds. The van der Waals surface area contributed by atoms with Crippen LogP contribution in [0.3, 0.4) is 0 Å². The molecule has 0 aromatic rings. The SMILES string of the molecule is CCCOP(=O)(O)C(C(=O)OCC)P(=O)(O)OCCC. The molecule has 0 aliphatic rings. The van der Waals surface area contributed by atoms with Crippen LogP contribution in [0.5, 0.6) is 0 Å². The highest BCUT2D eigenvalue weighted by molar-refractivity contribution is 7.73. The van der Waals surface area contributed by atoms with Crippen molar-refractivity contribution >= 4 is 21.2 Å². The highest BCUT2D eigenvalue weighted by Crippen LogP contribution is 2.65. The minimum Gasteiger partial charge on any atom is -0.465 e. The molecule has 2 atom stereocenters.